The lowest BCUT2D eigenvalue weighted by Crippen LogP contribution is -2.32. The summed E-state index contributed by atoms with van der Waals surface area (Å²) in [5.41, 5.74) is 0.442. The van der Waals surface area contributed by atoms with Crippen molar-refractivity contribution < 1.29 is 4.79 Å². The molecule has 1 heterocycles. The third kappa shape index (κ3) is 2.03. The number of carbonyl (C=O) groups excluding carboxylic acids is 1. The molecule has 0 radical (unpaired) electrons. The van der Waals surface area contributed by atoms with Crippen LogP contribution in [-0.4, -0.2) is 20.7 Å². The average molecular weight is 197 g/mol. The van der Waals surface area contributed by atoms with Gasteiger partial charge in [0, 0.05) is 6.04 Å². The Hall–Kier alpha value is -0.970. The van der Waals surface area contributed by atoms with Gasteiger partial charge in [0.15, 0.2) is 5.69 Å². The minimum absolute atomic E-state index is 0.0827. The molecule has 1 amide bonds. The van der Waals surface area contributed by atoms with Gasteiger partial charge in [0.2, 0.25) is 0 Å². The van der Waals surface area contributed by atoms with Crippen LogP contribution >= 0.6 is 11.7 Å². The van der Waals surface area contributed by atoms with Gasteiger partial charge in [0.1, 0.15) is 0 Å². The van der Waals surface area contributed by atoms with Crippen molar-refractivity contribution in [2.45, 2.75) is 31.7 Å². The van der Waals surface area contributed by atoms with Crippen molar-refractivity contribution in [3.05, 3.63) is 11.9 Å². The van der Waals surface area contributed by atoms with Crippen molar-refractivity contribution in [2.75, 3.05) is 0 Å². The Morgan fingerprint density at radius 1 is 1.54 bits per heavy atom. The van der Waals surface area contributed by atoms with Crippen molar-refractivity contribution in [1.29, 1.82) is 0 Å². The quantitative estimate of drug-likeness (QED) is 0.775. The van der Waals surface area contributed by atoms with Gasteiger partial charge in [-0.15, -0.1) is 0 Å². The van der Waals surface area contributed by atoms with E-state index in [4.69, 9.17) is 0 Å². The summed E-state index contributed by atoms with van der Waals surface area (Å²) in [6.45, 7) is 0. The Balaban J connectivity index is 1.91. The Labute approximate surface area is 80.7 Å². The molecule has 0 spiro atoms. The maximum Gasteiger partial charge on any atom is 0.272 e. The third-order valence-corrected chi connectivity index (χ3v) is 2.76. The number of carbonyl (C=O) groups is 1. The van der Waals surface area contributed by atoms with Crippen LogP contribution < -0.4 is 5.32 Å². The molecule has 1 N–H and O–H groups in total. The number of aromatic nitrogens is 2. The Morgan fingerprint density at radius 3 is 2.92 bits per heavy atom. The first-order chi connectivity index (χ1) is 6.36. The van der Waals surface area contributed by atoms with E-state index in [0.29, 0.717) is 11.7 Å². The van der Waals surface area contributed by atoms with E-state index in [1.165, 1.54) is 19.0 Å². The molecule has 0 bridgehead atoms. The maximum atomic E-state index is 11.5. The average Bonchev–Trinajstić information content (AvgIpc) is 2.74. The fourth-order valence-electron chi connectivity index (χ4n) is 1.59. The van der Waals surface area contributed by atoms with Gasteiger partial charge >= 0.3 is 0 Å². The second kappa shape index (κ2) is 3.83. The van der Waals surface area contributed by atoms with Crippen LogP contribution in [0.5, 0.6) is 0 Å². The SMILES string of the molecule is O=C(NC1CCCC1)c1cnsn1. The van der Waals surface area contributed by atoms with Crippen LogP contribution in [0.25, 0.3) is 0 Å². The molecule has 0 atom stereocenters. The van der Waals surface area contributed by atoms with E-state index in [9.17, 15) is 4.79 Å². The molecule has 0 unspecified atom stereocenters. The molecule has 0 aromatic carbocycles. The van der Waals surface area contributed by atoms with Gasteiger partial charge in [0.25, 0.3) is 5.91 Å². The van der Waals surface area contributed by atoms with E-state index in [-0.39, 0.29) is 5.91 Å². The summed E-state index contributed by atoms with van der Waals surface area (Å²) in [4.78, 5) is 11.5. The fourth-order valence-corrected chi connectivity index (χ4v) is 2.01. The van der Waals surface area contributed by atoms with Crippen LogP contribution in [0.15, 0.2) is 6.20 Å². The lowest BCUT2D eigenvalue weighted by atomic mass is 10.2. The molecule has 1 aliphatic carbocycles. The van der Waals surface area contributed by atoms with E-state index >= 15 is 0 Å². The van der Waals surface area contributed by atoms with Gasteiger partial charge in [-0.25, -0.2) is 0 Å². The first kappa shape index (κ1) is 8.62. The summed E-state index contributed by atoms with van der Waals surface area (Å²) in [5.74, 6) is -0.0827. The lowest BCUT2D eigenvalue weighted by Gasteiger charge is -2.09. The largest absolute Gasteiger partial charge is 0.348 e. The van der Waals surface area contributed by atoms with Crippen LogP contribution in [0.1, 0.15) is 36.2 Å². The normalized spacial score (nSPS) is 17.5. The predicted molar refractivity (Wildman–Crippen MR) is 49.6 cm³/mol. The molecule has 70 valence electrons. The molecular formula is C8H11N3OS. The highest BCUT2D eigenvalue weighted by atomic mass is 32.1. The van der Waals surface area contributed by atoms with Crippen LogP contribution in [0.4, 0.5) is 0 Å². The highest BCUT2D eigenvalue weighted by Crippen LogP contribution is 2.17. The topological polar surface area (TPSA) is 54.9 Å². The zero-order valence-electron chi connectivity index (χ0n) is 7.19. The molecule has 13 heavy (non-hydrogen) atoms. The van der Waals surface area contributed by atoms with Crippen LogP contribution in [0, 0.1) is 0 Å². The van der Waals surface area contributed by atoms with Crippen LogP contribution in [0.3, 0.4) is 0 Å². The number of nitrogens with one attached hydrogen (secondary N) is 1. The molecule has 0 saturated heterocycles. The monoisotopic (exact) mass is 197 g/mol. The minimum atomic E-state index is -0.0827. The molecule has 0 aliphatic heterocycles. The van der Waals surface area contributed by atoms with Gasteiger partial charge in [-0.1, -0.05) is 12.8 Å². The molecule has 1 aromatic rings. The van der Waals surface area contributed by atoms with Crippen molar-refractivity contribution in [3.8, 4) is 0 Å². The van der Waals surface area contributed by atoms with E-state index in [2.05, 4.69) is 14.1 Å². The highest BCUT2D eigenvalue weighted by molar-refractivity contribution is 6.99. The van der Waals surface area contributed by atoms with E-state index in [1.807, 2.05) is 0 Å². The van der Waals surface area contributed by atoms with Crippen molar-refractivity contribution in [3.63, 3.8) is 0 Å². The molecule has 1 fully saturated rings. The van der Waals surface area contributed by atoms with E-state index in [1.54, 1.807) is 0 Å². The molecular weight excluding hydrogens is 186 g/mol. The summed E-state index contributed by atoms with van der Waals surface area (Å²) in [5, 5.41) is 2.95. The van der Waals surface area contributed by atoms with Crippen LogP contribution in [0.2, 0.25) is 0 Å². The van der Waals surface area contributed by atoms with Gasteiger partial charge in [-0.3, -0.25) is 4.79 Å². The number of hydrogen-bond acceptors (Lipinski definition) is 4. The summed E-state index contributed by atoms with van der Waals surface area (Å²) in [6, 6.07) is 0.356. The van der Waals surface area contributed by atoms with E-state index in [0.717, 1.165) is 24.6 Å². The summed E-state index contributed by atoms with van der Waals surface area (Å²) < 4.78 is 7.66. The highest BCUT2D eigenvalue weighted by Gasteiger charge is 2.18. The van der Waals surface area contributed by atoms with E-state index < -0.39 is 0 Å². The zero-order valence-corrected chi connectivity index (χ0v) is 8.01. The first-order valence-electron chi connectivity index (χ1n) is 4.44. The van der Waals surface area contributed by atoms with Gasteiger partial charge < -0.3 is 5.32 Å². The third-order valence-electron chi connectivity index (χ3n) is 2.28. The molecule has 5 heteroatoms. The number of nitrogens with zero attached hydrogens (tertiary/aromatic N) is 2. The first-order valence-corrected chi connectivity index (χ1v) is 5.18. The number of hydrogen-bond donors (Lipinski definition) is 1. The Bertz CT molecular complexity index is 280. The van der Waals surface area contributed by atoms with Crippen LogP contribution in [-0.2, 0) is 0 Å². The van der Waals surface area contributed by atoms with Crippen molar-refractivity contribution >= 4 is 17.6 Å². The minimum Gasteiger partial charge on any atom is -0.348 e. The van der Waals surface area contributed by atoms with Gasteiger partial charge in [-0.2, -0.15) is 8.75 Å². The Morgan fingerprint density at radius 2 is 2.31 bits per heavy atom. The van der Waals surface area contributed by atoms with Crippen molar-refractivity contribution in [2.24, 2.45) is 0 Å². The van der Waals surface area contributed by atoms with Crippen molar-refractivity contribution in [1.82, 2.24) is 14.1 Å². The van der Waals surface area contributed by atoms with Gasteiger partial charge in [-0.05, 0) is 12.8 Å². The lowest BCUT2D eigenvalue weighted by molar-refractivity contribution is 0.0934. The fraction of sp³-hybridized carbons (Fsp3) is 0.625. The predicted octanol–water partition coefficient (Wildman–Crippen LogP) is 1.21. The Kier molecular flexibility index (Phi) is 2.54. The smallest absolute Gasteiger partial charge is 0.272 e. The standard InChI is InChI=1S/C8H11N3OS/c12-8(7-5-9-13-11-7)10-6-3-1-2-4-6/h5-6H,1-4H2,(H,10,12). The maximum absolute atomic E-state index is 11.5. The number of rotatable bonds is 2. The van der Waals surface area contributed by atoms with Gasteiger partial charge in [0.05, 0.1) is 17.9 Å². The molecule has 1 aromatic heterocycles. The zero-order chi connectivity index (χ0) is 9.10. The number of amides is 1. The summed E-state index contributed by atoms with van der Waals surface area (Å²) in [6.07, 6.45) is 6.15. The second-order valence-electron chi connectivity index (χ2n) is 3.25. The molecule has 2 rings (SSSR count). The second-order valence-corrected chi connectivity index (χ2v) is 3.80. The molecule has 4 nitrogen and oxygen atoms in total. The summed E-state index contributed by atoms with van der Waals surface area (Å²) in [7, 11) is 0. The summed E-state index contributed by atoms with van der Waals surface area (Å²) >= 11 is 1.06. The molecule has 1 aliphatic rings. The molecule has 1 saturated carbocycles.